The van der Waals surface area contributed by atoms with Gasteiger partial charge in [-0.2, -0.15) is 0 Å². The fourth-order valence-electron chi connectivity index (χ4n) is 1.82. The third-order valence-corrected chi connectivity index (χ3v) is 5.30. The number of rotatable bonds is 4. The van der Waals surface area contributed by atoms with Crippen molar-refractivity contribution in [2.75, 3.05) is 5.32 Å². The first kappa shape index (κ1) is 16.2. The van der Waals surface area contributed by atoms with E-state index in [1.165, 1.54) is 48.5 Å². The van der Waals surface area contributed by atoms with Crippen molar-refractivity contribution in [3.8, 4) is 0 Å². The van der Waals surface area contributed by atoms with E-state index < -0.39 is 26.8 Å². The van der Waals surface area contributed by atoms with E-state index in [-0.39, 0.29) is 10.5 Å². The van der Waals surface area contributed by atoms with Crippen LogP contribution in [0, 0.1) is 5.82 Å². The smallest absolute Gasteiger partial charge is 0.255 e. The Morgan fingerprint density at radius 2 is 1.73 bits per heavy atom. The molecular weight excluding hydrogens is 305 g/mol. The Kier molecular flexibility index (Phi) is 4.61. The lowest BCUT2D eigenvalue weighted by atomic mass is 10.2. The number of hydrogen-bond acceptors (Lipinski definition) is 3. The minimum absolute atomic E-state index is 0.106. The Labute approximate surface area is 128 Å². The van der Waals surface area contributed by atoms with Crippen molar-refractivity contribution in [3.05, 3.63) is 59.9 Å². The van der Waals surface area contributed by atoms with Crippen LogP contribution < -0.4 is 5.32 Å². The molecule has 1 amide bonds. The molecule has 0 saturated carbocycles. The Morgan fingerprint density at radius 1 is 1.09 bits per heavy atom. The molecule has 0 saturated heterocycles. The maximum Gasteiger partial charge on any atom is 0.255 e. The number of halogens is 1. The third kappa shape index (κ3) is 3.51. The van der Waals surface area contributed by atoms with Crippen molar-refractivity contribution >= 4 is 21.4 Å². The average molecular weight is 321 g/mol. The van der Waals surface area contributed by atoms with Crippen LogP contribution in [0.3, 0.4) is 0 Å². The summed E-state index contributed by atoms with van der Waals surface area (Å²) < 4.78 is 37.1. The molecule has 0 bridgehead atoms. The second kappa shape index (κ2) is 6.27. The van der Waals surface area contributed by atoms with Crippen LogP contribution in [0.5, 0.6) is 0 Å². The number of sulfone groups is 1. The molecule has 0 aliphatic carbocycles. The van der Waals surface area contributed by atoms with Crippen molar-refractivity contribution in [3.63, 3.8) is 0 Å². The molecule has 0 aliphatic heterocycles. The fourth-order valence-corrected chi connectivity index (χ4v) is 2.93. The highest BCUT2D eigenvalue weighted by molar-refractivity contribution is 7.92. The maximum absolute atomic E-state index is 12.8. The van der Waals surface area contributed by atoms with E-state index >= 15 is 0 Å². The summed E-state index contributed by atoms with van der Waals surface area (Å²) in [6.07, 6.45) is 0. The molecule has 0 atom stereocenters. The van der Waals surface area contributed by atoms with Gasteiger partial charge in [-0.1, -0.05) is 6.07 Å². The molecule has 0 heterocycles. The highest BCUT2D eigenvalue weighted by Crippen LogP contribution is 2.18. The predicted octanol–water partition coefficient (Wildman–Crippen LogP) is 3.26. The van der Waals surface area contributed by atoms with Crippen molar-refractivity contribution in [2.24, 2.45) is 0 Å². The SMILES string of the molecule is CC(C)S(=O)(=O)c1cccc(C(=O)Nc2ccc(F)cc2)c1. The normalized spacial score (nSPS) is 11.5. The molecule has 0 radical (unpaired) electrons. The highest BCUT2D eigenvalue weighted by Gasteiger charge is 2.20. The molecule has 2 aromatic carbocycles. The fraction of sp³-hybridized carbons (Fsp3) is 0.188. The number of benzene rings is 2. The summed E-state index contributed by atoms with van der Waals surface area (Å²) in [6.45, 7) is 3.17. The van der Waals surface area contributed by atoms with Gasteiger partial charge in [-0.15, -0.1) is 0 Å². The molecular formula is C16H16FNO3S. The first-order valence-corrected chi connectivity index (χ1v) is 8.26. The standard InChI is InChI=1S/C16H16FNO3S/c1-11(2)22(20,21)15-5-3-4-12(10-15)16(19)18-14-8-6-13(17)7-9-14/h3-11H,1-2H3,(H,18,19). The molecule has 116 valence electrons. The molecule has 0 unspecified atom stereocenters. The van der Waals surface area contributed by atoms with E-state index in [2.05, 4.69) is 5.32 Å². The van der Waals surface area contributed by atoms with Gasteiger partial charge >= 0.3 is 0 Å². The van der Waals surface area contributed by atoms with E-state index in [1.807, 2.05) is 0 Å². The van der Waals surface area contributed by atoms with Gasteiger partial charge in [-0.05, 0) is 56.3 Å². The Hall–Kier alpha value is -2.21. The number of carbonyl (C=O) groups is 1. The summed E-state index contributed by atoms with van der Waals surface area (Å²) in [6, 6.07) is 11.2. The molecule has 2 aromatic rings. The highest BCUT2D eigenvalue weighted by atomic mass is 32.2. The lowest BCUT2D eigenvalue weighted by molar-refractivity contribution is 0.102. The van der Waals surface area contributed by atoms with Gasteiger partial charge < -0.3 is 5.32 Å². The number of nitrogens with one attached hydrogen (secondary N) is 1. The molecule has 0 aliphatic rings. The zero-order valence-electron chi connectivity index (χ0n) is 12.2. The van der Waals surface area contributed by atoms with Gasteiger partial charge in [-0.25, -0.2) is 12.8 Å². The Morgan fingerprint density at radius 3 is 2.32 bits per heavy atom. The molecule has 2 rings (SSSR count). The minimum atomic E-state index is -3.44. The molecule has 22 heavy (non-hydrogen) atoms. The van der Waals surface area contributed by atoms with Crippen LogP contribution in [0.1, 0.15) is 24.2 Å². The monoisotopic (exact) mass is 321 g/mol. The van der Waals surface area contributed by atoms with Crippen LogP contribution in [-0.2, 0) is 9.84 Å². The summed E-state index contributed by atoms with van der Waals surface area (Å²) in [7, 11) is -3.44. The first-order valence-electron chi connectivity index (χ1n) is 6.71. The number of carbonyl (C=O) groups excluding carboxylic acids is 1. The van der Waals surface area contributed by atoms with E-state index in [1.54, 1.807) is 13.8 Å². The van der Waals surface area contributed by atoms with Crippen LogP contribution in [0.2, 0.25) is 0 Å². The number of anilines is 1. The zero-order chi connectivity index (χ0) is 16.3. The van der Waals surface area contributed by atoms with Gasteiger partial charge in [0.2, 0.25) is 0 Å². The second-order valence-electron chi connectivity index (χ2n) is 5.08. The molecule has 0 fully saturated rings. The number of hydrogen-bond donors (Lipinski definition) is 1. The summed E-state index contributed by atoms with van der Waals surface area (Å²) in [5, 5.41) is 2.03. The molecule has 1 N–H and O–H groups in total. The van der Waals surface area contributed by atoms with Crippen molar-refractivity contribution in [1.29, 1.82) is 0 Å². The third-order valence-electron chi connectivity index (χ3n) is 3.15. The van der Waals surface area contributed by atoms with Crippen LogP contribution in [0.25, 0.3) is 0 Å². The molecule has 0 aromatic heterocycles. The lowest BCUT2D eigenvalue weighted by Crippen LogP contribution is -2.16. The van der Waals surface area contributed by atoms with Crippen molar-refractivity contribution in [2.45, 2.75) is 24.0 Å². The van der Waals surface area contributed by atoms with Gasteiger partial charge in [0.1, 0.15) is 5.82 Å². The van der Waals surface area contributed by atoms with E-state index in [9.17, 15) is 17.6 Å². The zero-order valence-corrected chi connectivity index (χ0v) is 13.0. The van der Waals surface area contributed by atoms with Crippen LogP contribution in [-0.4, -0.2) is 19.6 Å². The second-order valence-corrected chi connectivity index (χ2v) is 7.59. The van der Waals surface area contributed by atoms with Crippen LogP contribution in [0.15, 0.2) is 53.4 Å². The van der Waals surface area contributed by atoms with Gasteiger partial charge in [0.15, 0.2) is 9.84 Å². The summed E-state index contributed by atoms with van der Waals surface area (Å²) in [5.74, 6) is -0.851. The average Bonchev–Trinajstić information content (AvgIpc) is 2.49. The van der Waals surface area contributed by atoms with E-state index in [0.29, 0.717) is 5.69 Å². The van der Waals surface area contributed by atoms with Gasteiger partial charge in [0.25, 0.3) is 5.91 Å². The van der Waals surface area contributed by atoms with Crippen molar-refractivity contribution < 1.29 is 17.6 Å². The van der Waals surface area contributed by atoms with Crippen LogP contribution in [0.4, 0.5) is 10.1 Å². The largest absolute Gasteiger partial charge is 0.322 e. The Balaban J connectivity index is 2.26. The maximum atomic E-state index is 12.8. The van der Waals surface area contributed by atoms with Gasteiger partial charge in [0.05, 0.1) is 10.1 Å². The summed E-state index contributed by atoms with van der Waals surface area (Å²) >= 11 is 0. The predicted molar refractivity (Wildman–Crippen MR) is 83.1 cm³/mol. The topological polar surface area (TPSA) is 63.2 Å². The molecule has 6 heteroatoms. The quantitative estimate of drug-likeness (QED) is 0.940. The minimum Gasteiger partial charge on any atom is -0.322 e. The molecule has 0 spiro atoms. The van der Waals surface area contributed by atoms with Gasteiger partial charge in [-0.3, -0.25) is 4.79 Å². The van der Waals surface area contributed by atoms with Crippen molar-refractivity contribution in [1.82, 2.24) is 0 Å². The number of amides is 1. The van der Waals surface area contributed by atoms with Crippen LogP contribution >= 0.6 is 0 Å². The van der Waals surface area contributed by atoms with E-state index in [0.717, 1.165) is 0 Å². The lowest BCUT2D eigenvalue weighted by Gasteiger charge is -2.10. The Bertz CT molecular complexity index is 783. The van der Waals surface area contributed by atoms with Gasteiger partial charge in [0, 0.05) is 11.3 Å². The van der Waals surface area contributed by atoms with E-state index in [4.69, 9.17) is 0 Å². The summed E-state index contributed by atoms with van der Waals surface area (Å²) in [4.78, 5) is 12.3. The first-order chi connectivity index (χ1) is 10.3. The molecule has 4 nitrogen and oxygen atoms in total. The summed E-state index contributed by atoms with van der Waals surface area (Å²) in [5.41, 5.74) is 0.662.